The summed E-state index contributed by atoms with van der Waals surface area (Å²) in [6, 6.07) is 8.66. The minimum atomic E-state index is -0.494. The maximum Gasteiger partial charge on any atom is 0.291 e. The number of para-hydroxylation sites is 1. The van der Waals surface area contributed by atoms with Crippen molar-refractivity contribution in [3.05, 3.63) is 64.3 Å². The summed E-state index contributed by atoms with van der Waals surface area (Å²) in [5, 5.41) is 9.83. The summed E-state index contributed by atoms with van der Waals surface area (Å²) in [5.41, 5.74) is 1.33. The molecular weight excluding hydrogens is 396 g/mol. The molecule has 0 aliphatic heterocycles. The largest absolute Gasteiger partial charge is 0.484 e. The van der Waals surface area contributed by atoms with Crippen LogP contribution in [0.15, 0.2) is 40.9 Å². The molecule has 0 unspecified atom stereocenters. The molecule has 0 bridgehead atoms. The van der Waals surface area contributed by atoms with E-state index in [0.717, 1.165) is 5.56 Å². The van der Waals surface area contributed by atoms with Crippen molar-refractivity contribution in [2.24, 2.45) is 0 Å². The predicted octanol–water partition coefficient (Wildman–Crippen LogP) is 3.65. The number of anilines is 1. The van der Waals surface area contributed by atoms with Crippen LogP contribution >= 0.6 is 11.6 Å². The quantitative estimate of drug-likeness (QED) is 0.612. The molecule has 2 amide bonds. The summed E-state index contributed by atoms with van der Waals surface area (Å²) in [5.74, 6) is 0.234. The number of nitrogens with one attached hydrogen (secondary N) is 2. The maximum absolute atomic E-state index is 12.5. The van der Waals surface area contributed by atoms with Gasteiger partial charge in [0.2, 0.25) is 0 Å². The summed E-state index contributed by atoms with van der Waals surface area (Å²) >= 11 is 6.15. The predicted molar refractivity (Wildman–Crippen MR) is 108 cm³/mol. The lowest BCUT2D eigenvalue weighted by molar-refractivity contribution is 0.0958. The first-order valence-corrected chi connectivity index (χ1v) is 9.38. The number of ether oxygens (including phenoxy) is 1. The van der Waals surface area contributed by atoms with E-state index in [1.54, 1.807) is 23.0 Å². The Morgan fingerprint density at radius 1 is 1.24 bits per heavy atom. The molecule has 0 aliphatic carbocycles. The topological polar surface area (TPSA) is 98.4 Å². The van der Waals surface area contributed by atoms with Gasteiger partial charge in [-0.1, -0.05) is 23.7 Å². The molecule has 0 spiro atoms. The van der Waals surface area contributed by atoms with Crippen LogP contribution in [0.25, 0.3) is 0 Å². The number of aromatic nitrogens is 2. The highest BCUT2D eigenvalue weighted by molar-refractivity contribution is 6.32. The number of hydrogen-bond acceptors (Lipinski definition) is 5. The van der Waals surface area contributed by atoms with Gasteiger partial charge in [0.05, 0.1) is 10.7 Å². The van der Waals surface area contributed by atoms with Gasteiger partial charge in [-0.25, -0.2) is 0 Å². The smallest absolute Gasteiger partial charge is 0.291 e. The number of carbonyl (C=O) groups is 2. The highest BCUT2D eigenvalue weighted by Crippen LogP contribution is 2.29. The second kappa shape index (κ2) is 8.83. The molecule has 1 aromatic carbocycles. The molecule has 0 aliphatic rings. The molecular formula is C20H21ClN4O4. The lowest BCUT2D eigenvalue weighted by atomic mass is 10.2. The number of carbonyl (C=O) groups excluding carboxylic acids is 2. The van der Waals surface area contributed by atoms with Gasteiger partial charge >= 0.3 is 0 Å². The highest BCUT2D eigenvalue weighted by atomic mass is 35.5. The van der Waals surface area contributed by atoms with E-state index in [-0.39, 0.29) is 18.1 Å². The number of benzene rings is 1. The fraction of sp³-hybridized carbons (Fsp3) is 0.250. The number of nitrogens with zero attached hydrogens (tertiary/aromatic N) is 2. The second-order valence-corrected chi connectivity index (χ2v) is 6.63. The number of rotatable bonds is 7. The number of amides is 2. The van der Waals surface area contributed by atoms with E-state index in [9.17, 15) is 9.59 Å². The molecule has 2 heterocycles. The average Bonchev–Trinajstić information content (AvgIpc) is 3.34. The highest BCUT2D eigenvalue weighted by Gasteiger charge is 2.20. The molecule has 0 saturated carbocycles. The van der Waals surface area contributed by atoms with Gasteiger partial charge in [0.15, 0.2) is 11.5 Å². The second-order valence-electron chi connectivity index (χ2n) is 6.22. The molecule has 3 rings (SSSR count). The van der Waals surface area contributed by atoms with Crippen molar-refractivity contribution in [2.75, 3.05) is 12.4 Å². The van der Waals surface area contributed by atoms with Gasteiger partial charge < -0.3 is 19.8 Å². The van der Waals surface area contributed by atoms with Crippen LogP contribution in [0.1, 0.15) is 39.3 Å². The van der Waals surface area contributed by atoms with E-state index >= 15 is 0 Å². The van der Waals surface area contributed by atoms with Crippen molar-refractivity contribution in [3.63, 3.8) is 0 Å². The number of halogens is 1. The monoisotopic (exact) mass is 416 g/mol. The van der Waals surface area contributed by atoms with Crippen molar-refractivity contribution in [2.45, 2.75) is 27.0 Å². The van der Waals surface area contributed by atoms with Gasteiger partial charge in [0.25, 0.3) is 11.8 Å². The number of aryl methyl sites for hydroxylation is 2. The van der Waals surface area contributed by atoms with Crippen LogP contribution < -0.4 is 15.4 Å². The van der Waals surface area contributed by atoms with Crippen LogP contribution in [0.2, 0.25) is 5.02 Å². The Kier molecular flexibility index (Phi) is 6.23. The summed E-state index contributed by atoms with van der Waals surface area (Å²) in [4.78, 5) is 24.5. The number of hydrogen-bond donors (Lipinski definition) is 2. The van der Waals surface area contributed by atoms with Gasteiger partial charge in [-0.2, -0.15) is 5.10 Å². The Balaban J connectivity index is 1.70. The van der Waals surface area contributed by atoms with E-state index in [1.807, 2.05) is 26.0 Å². The lowest BCUT2D eigenvalue weighted by Gasteiger charge is -2.09. The van der Waals surface area contributed by atoms with Crippen LogP contribution in [0.5, 0.6) is 5.75 Å². The molecule has 2 aromatic heterocycles. The van der Waals surface area contributed by atoms with Crippen molar-refractivity contribution in [1.29, 1.82) is 0 Å². The SMILES string of the molecule is CCn1cc(NC(=O)c2ccc(COc3c(C)cccc3Cl)o2)c(C(=O)NC)n1. The van der Waals surface area contributed by atoms with Crippen LogP contribution in [-0.4, -0.2) is 28.6 Å². The molecule has 9 heteroatoms. The molecule has 0 saturated heterocycles. The van der Waals surface area contributed by atoms with E-state index in [1.165, 1.54) is 13.1 Å². The van der Waals surface area contributed by atoms with E-state index in [4.69, 9.17) is 20.8 Å². The summed E-state index contributed by atoms with van der Waals surface area (Å²) < 4.78 is 12.9. The van der Waals surface area contributed by atoms with Crippen LogP contribution in [0.4, 0.5) is 5.69 Å². The molecule has 3 aromatic rings. The lowest BCUT2D eigenvalue weighted by Crippen LogP contribution is -2.21. The van der Waals surface area contributed by atoms with Crippen LogP contribution in [0.3, 0.4) is 0 Å². The van der Waals surface area contributed by atoms with Gasteiger partial charge in [0, 0.05) is 19.8 Å². The Bertz CT molecular complexity index is 1020. The van der Waals surface area contributed by atoms with Gasteiger partial charge in [-0.05, 0) is 37.6 Å². The van der Waals surface area contributed by atoms with E-state index < -0.39 is 11.8 Å². The van der Waals surface area contributed by atoms with Crippen molar-refractivity contribution < 1.29 is 18.7 Å². The third kappa shape index (κ3) is 4.60. The van der Waals surface area contributed by atoms with Crippen LogP contribution in [0, 0.1) is 6.92 Å². The zero-order valence-corrected chi connectivity index (χ0v) is 17.0. The molecule has 8 nitrogen and oxygen atoms in total. The molecule has 0 atom stereocenters. The van der Waals surface area contributed by atoms with E-state index in [0.29, 0.717) is 28.8 Å². The zero-order valence-electron chi connectivity index (χ0n) is 16.3. The first kappa shape index (κ1) is 20.5. The van der Waals surface area contributed by atoms with Crippen molar-refractivity contribution in [1.82, 2.24) is 15.1 Å². The van der Waals surface area contributed by atoms with Gasteiger partial charge in [-0.15, -0.1) is 0 Å². The minimum Gasteiger partial charge on any atom is -0.484 e. The average molecular weight is 417 g/mol. The molecule has 152 valence electrons. The third-order valence-corrected chi connectivity index (χ3v) is 4.48. The third-order valence-electron chi connectivity index (χ3n) is 4.18. The Labute approximate surface area is 172 Å². The first-order valence-electron chi connectivity index (χ1n) is 9.00. The fourth-order valence-electron chi connectivity index (χ4n) is 2.67. The molecule has 2 N–H and O–H groups in total. The van der Waals surface area contributed by atoms with Gasteiger partial charge in [0.1, 0.15) is 18.1 Å². The Hall–Kier alpha value is -3.26. The van der Waals surface area contributed by atoms with Crippen molar-refractivity contribution in [3.8, 4) is 5.75 Å². The summed E-state index contributed by atoms with van der Waals surface area (Å²) in [7, 11) is 1.50. The Morgan fingerprint density at radius 2 is 2.03 bits per heavy atom. The Morgan fingerprint density at radius 3 is 2.72 bits per heavy atom. The summed E-state index contributed by atoms with van der Waals surface area (Å²) in [6.07, 6.45) is 1.59. The molecule has 0 fully saturated rings. The van der Waals surface area contributed by atoms with Crippen LogP contribution in [-0.2, 0) is 13.2 Å². The fourth-order valence-corrected chi connectivity index (χ4v) is 2.94. The standard InChI is InChI=1S/C20H21ClN4O4/c1-4-25-10-15(17(24-25)20(27)22-3)23-19(26)16-9-8-13(29-16)11-28-18-12(2)6-5-7-14(18)21/h5-10H,4,11H2,1-3H3,(H,22,27)(H,23,26). The van der Waals surface area contributed by atoms with Crippen molar-refractivity contribution >= 4 is 29.1 Å². The zero-order chi connectivity index (χ0) is 21.0. The maximum atomic E-state index is 12.5. The molecule has 0 radical (unpaired) electrons. The first-order chi connectivity index (χ1) is 13.9. The normalized spacial score (nSPS) is 10.6. The van der Waals surface area contributed by atoms with E-state index in [2.05, 4.69) is 15.7 Å². The minimum absolute atomic E-state index is 0.0894. The molecule has 29 heavy (non-hydrogen) atoms. The summed E-state index contributed by atoms with van der Waals surface area (Å²) in [6.45, 7) is 4.45. The van der Waals surface area contributed by atoms with Gasteiger partial charge in [-0.3, -0.25) is 14.3 Å². The number of furan rings is 1.